The van der Waals surface area contributed by atoms with Gasteiger partial charge in [0.25, 0.3) is 0 Å². The third kappa shape index (κ3) is 2.60. The molecule has 0 radical (unpaired) electrons. The highest BCUT2D eigenvalue weighted by Crippen LogP contribution is 2.42. The van der Waals surface area contributed by atoms with Crippen LogP contribution in [0.2, 0.25) is 0 Å². The van der Waals surface area contributed by atoms with Crippen molar-refractivity contribution in [3.8, 4) is 0 Å². The van der Waals surface area contributed by atoms with Crippen LogP contribution in [0.5, 0.6) is 0 Å². The van der Waals surface area contributed by atoms with E-state index in [9.17, 15) is 22.4 Å². The zero-order valence-corrected chi connectivity index (χ0v) is 9.22. The highest BCUT2D eigenvalue weighted by Gasteiger charge is 2.37. The first-order valence-corrected chi connectivity index (χ1v) is 5.37. The van der Waals surface area contributed by atoms with E-state index in [1.54, 1.807) is 0 Å². The minimum absolute atomic E-state index is 0.146. The molecular weight excluding hydrogens is 252 g/mol. The van der Waals surface area contributed by atoms with Crippen LogP contribution in [-0.2, 0) is 17.5 Å². The summed E-state index contributed by atoms with van der Waals surface area (Å²) >= 11 is 0. The third-order valence-corrected chi connectivity index (χ3v) is 2.69. The Bertz CT molecular complexity index is 469. The maximum Gasteiger partial charge on any atom is 0.433 e. The van der Waals surface area contributed by atoms with E-state index in [1.165, 1.54) is 0 Å². The number of aromatic nitrogens is 1. The number of carbonyl (C=O) groups is 1. The second kappa shape index (κ2) is 4.55. The monoisotopic (exact) mass is 262 g/mol. The van der Waals surface area contributed by atoms with Gasteiger partial charge in [-0.25, -0.2) is 9.37 Å². The summed E-state index contributed by atoms with van der Waals surface area (Å²) in [7, 11) is 0. The zero-order valence-electron chi connectivity index (χ0n) is 9.22. The van der Waals surface area contributed by atoms with Gasteiger partial charge in [0.1, 0.15) is 11.5 Å². The van der Waals surface area contributed by atoms with E-state index >= 15 is 0 Å². The molecule has 2 rings (SSSR count). The van der Waals surface area contributed by atoms with Crippen molar-refractivity contribution < 1.29 is 22.4 Å². The highest BCUT2D eigenvalue weighted by molar-refractivity contribution is 5.46. The molecule has 1 heterocycles. The Hall–Kier alpha value is -1.66. The number of hydrogen-bond donors (Lipinski definition) is 1. The summed E-state index contributed by atoms with van der Waals surface area (Å²) in [6, 6.07) is 0.637. The van der Waals surface area contributed by atoms with Crippen LogP contribution < -0.4 is 5.32 Å². The van der Waals surface area contributed by atoms with Crippen LogP contribution in [0.1, 0.15) is 35.7 Å². The summed E-state index contributed by atoms with van der Waals surface area (Å²) in [5, 5.41) is 2.15. The Balaban J connectivity index is 2.43. The Morgan fingerprint density at radius 1 is 1.44 bits per heavy atom. The van der Waals surface area contributed by atoms with Crippen molar-refractivity contribution in [2.24, 2.45) is 0 Å². The van der Waals surface area contributed by atoms with Gasteiger partial charge in [-0.3, -0.25) is 4.79 Å². The van der Waals surface area contributed by atoms with Crippen LogP contribution in [0.3, 0.4) is 0 Å². The first-order chi connectivity index (χ1) is 8.43. The lowest BCUT2D eigenvalue weighted by molar-refractivity contribution is -0.141. The molecular formula is C11H10F4N2O. The molecule has 98 valence electrons. The normalized spacial score (nSPS) is 15.6. The van der Waals surface area contributed by atoms with Gasteiger partial charge in [-0.1, -0.05) is 0 Å². The Morgan fingerprint density at radius 2 is 2.11 bits per heavy atom. The topological polar surface area (TPSA) is 42.0 Å². The number of nitrogens with zero attached hydrogens (tertiary/aromatic N) is 1. The molecule has 1 aromatic heterocycles. The van der Waals surface area contributed by atoms with Gasteiger partial charge in [-0.2, -0.15) is 13.2 Å². The molecule has 0 aromatic carbocycles. The van der Waals surface area contributed by atoms with Gasteiger partial charge in [0.05, 0.1) is 5.69 Å². The standard InChI is InChI=1S/C11H10F4N2O/c12-9-7(4-16-5-18)3-8(11(13,14)15)17-10(9)6-1-2-6/h3,5-6H,1-2,4H2,(H,16,18). The van der Waals surface area contributed by atoms with E-state index < -0.39 is 17.7 Å². The molecule has 0 spiro atoms. The molecule has 18 heavy (non-hydrogen) atoms. The van der Waals surface area contributed by atoms with Crippen molar-refractivity contribution in [3.05, 3.63) is 28.8 Å². The minimum atomic E-state index is -4.62. The summed E-state index contributed by atoms with van der Waals surface area (Å²) in [6.07, 6.45) is -3.02. The van der Waals surface area contributed by atoms with Crippen molar-refractivity contribution in [2.75, 3.05) is 0 Å². The largest absolute Gasteiger partial charge is 0.433 e. The lowest BCUT2D eigenvalue weighted by atomic mass is 10.1. The number of pyridine rings is 1. The maximum absolute atomic E-state index is 13.9. The number of hydrogen-bond acceptors (Lipinski definition) is 2. The van der Waals surface area contributed by atoms with Crippen molar-refractivity contribution in [1.82, 2.24) is 10.3 Å². The zero-order chi connectivity index (χ0) is 13.3. The van der Waals surface area contributed by atoms with Crippen LogP contribution in [-0.4, -0.2) is 11.4 Å². The van der Waals surface area contributed by atoms with Crippen LogP contribution in [0, 0.1) is 5.82 Å². The summed E-state index contributed by atoms with van der Waals surface area (Å²) < 4.78 is 51.7. The predicted octanol–water partition coefficient (Wildman–Crippen LogP) is 2.36. The first kappa shape index (κ1) is 12.8. The SMILES string of the molecule is O=CNCc1cc(C(F)(F)F)nc(C2CC2)c1F. The molecule has 0 aliphatic heterocycles. The van der Waals surface area contributed by atoms with Crippen molar-refractivity contribution in [3.63, 3.8) is 0 Å². The van der Waals surface area contributed by atoms with Crippen molar-refractivity contribution >= 4 is 6.41 Å². The summed E-state index contributed by atoms with van der Waals surface area (Å²) in [5.74, 6) is -0.984. The van der Waals surface area contributed by atoms with Gasteiger partial charge < -0.3 is 5.32 Å². The fraction of sp³-hybridized carbons (Fsp3) is 0.455. The molecule has 1 amide bonds. The van der Waals surface area contributed by atoms with Gasteiger partial charge in [0.15, 0.2) is 0 Å². The Morgan fingerprint density at radius 3 is 2.61 bits per heavy atom. The Kier molecular flexibility index (Phi) is 3.23. The van der Waals surface area contributed by atoms with E-state index in [0.29, 0.717) is 25.3 Å². The van der Waals surface area contributed by atoms with Gasteiger partial charge in [0.2, 0.25) is 6.41 Å². The molecule has 1 aliphatic rings. The molecule has 1 aliphatic carbocycles. The third-order valence-electron chi connectivity index (χ3n) is 2.69. The number of halogens is 4. The molecule has 3 nitrogen and oxygen atoms in total. The lowest BCUT2D eigenvalue weighted by Gasteiger charge is -2.12. The number of nitrogens with one attached hydrogen (secondary N) is 1. The molecule has 1 N–H and O–H groups in total. The average Bonchev–Trinajstić information content (AvgIpc) is 3.10. The molecule has 0 unspecified atom stereocenters. The number of alkyl halides is 3. The highest BCUT2D eigenvalue weighted by atomic mass is 19.4. The van der Waals surface area contributed by atoms with Crippen LogP contribution in [0.25, 0.3) is 0 Å². The van der Waals surface area contributed by atoms with Gasteiger partial charge in [-0.15, -0.1) is 0 Å². The number of carbonyl (C=O) groups excluding carboxylic acids is 1. The lowest BCUT2D eigenvalue weighted by Crippen LogP contribution is -2.17. The molecule has 0 atom stereocenters. The summed E-state index contributed by atoms with van der Waals surface area (Å²) in [6.45, 7) is -0.277. The fourth-order valence-corrected chi connectivity index (χ4v) is 1.66. The summed E-state index contributed by atoms with van der Waals surface area (Å²) in [5.41, 5.74) is -1.45. The quantitative estimate of drug-likeness (QED) is 0.668. The molecule has 1 fully saturated rings. The van der Waals surface area contributed by atoms with E-state index in [2.05, 4.69) is 10.3 Å². The van der Waals surface area contributed by atoms with E-state index in [0.717, 1.165) is 0 Å². The second-order valence-corrected chi connectivity index (χ2v) is 4.14. The summed E-state index contributed by atoms with van der Waals surface area (Å²) in [4.78, 5) is 13.5. The maximum atomic E-state index is 13.9. The van der Waals surface area contributed by atoms with E-state index in [-0.39, 0.29) is 23.7 Å². The second-order valence-electron chi connectivity index (χ2n) is 4.14. The molecule has 1 saturated carbocycles. The van der Waals surface area contributed by atoms with Crippen LogP contribution in [0.15, 0.2) is 6.07 Å². The predicted molar refractivity (Wildman–Crippen MR) is 54.1 cm³/mol. The van der Waals surface area contributed by atoms with Gasteiger partial charge in [-0.05, 0) is 18.9 Å². The average molecular weight is 262 g/mol. The van der Waals surface area contributed by atoms with Crippen LogP contribution in [0.4, 0.5) is 17.6 Å². The molecule has 7 heteroatoms. The number of rotatable bonds is 4. The van der Waals surface area contributed by atoms with Crippen molar-refractivity contribution in [2.45, 2.75) is 31.5 Å². The Labute approximate surface area is 100 Å². The van der Waals surface area contributed by atoms with Crippen molar-refractivity contribution in [1.29, 1.82) is 0 Å². The van der Waals surface area contributed by atoms with E-state index in [1.807, 2.05) is 0 Å². The molecule has 0 saturated heterocycles. The van der Waals surface area contributed by atoms with E-state index in [4.69, 9.17) is 0 Å². The minimum Gasteiger partial charge on any atom is -0.354 e. The molecule has 1 aromatic rings. The number of amides is 1. The van der Waals surface area contributed by atoms with Gasteiger partial charge in [0, 0.05) is 18.0 Å². The fourth-order valence-electron chi connectivity index (χ4n) is 1.66. The smallest absolute Gasteiger partial charge is 0.354 e. The van der Waals surface area contributed by atoms with Gasteiger partial charge >= 0.3 is 6.18 Å². The van der Waals surface area contributed by atoms with Crippen LogP contribution >= 0.6 is 0 Å². The first-order valence-electron chi connectivity index (χ1n) is 5.37. The molecule has 0 bridgehead atoms.